The van der Waals surface area contributed by atoms with Gasteiger partial charge in [0.25, 0.3) is 5.91 Å². The topological polar surface area (TPSA) is 83.6 Å². The summed E-state index contributed by atoms with van der Waals surface area (Å²) in [4.78, 5) is 25.3. The molecular formula is C12H12F3N5O. The molecule has 2 aromatic heterocycles. The molecule has 2 rings (SSSR count). The Kier molecular flexibility index (Phi) is 4.20. The highest BCUT2D eigenvalue weighted by atomic mass is 19.4. The first kappa shape index (κ1) is 14.9. The van der Waals surface area contributed by atoms with Crippen LogP contribution in [0.1, 0.15) is 27.7 Å². The predicted molar refractivity (Wildman–Crippen MR) is 66.4 cm³/mol. The molecule has 0 unspecified atom stereocenters. The van der Waals surface area contributed by atoms with Gasteiger partial charge < -0.3 is 10.3 Å². The van der Waals surface area contributed by atoms with E-state index in [1.165, 1.54) is 19.4 Å². The van der Waals surface area contributed by atoms with E-state index in [-0.39, 0.29) is 30.2 Å². The second-order valence-corrected chi connectivity index (χ2v) is 4.28. The Hall–Kier alpha value is -2.45. The van der Waals surface area contributed by atoms with Crippen LogP contribution in [-0.2, 0) is 12.6 Å². The lowest BCUT2D eigenvalue weighted by molar-refractivity contribution is -0.141. The van der Waals surface area contributed by atoms with Crippen molar-refractivity contribution < 1.29 is 18.0 Å². The third-order valence-electron chi connectivity index (χ3n) is 2.57. The zero-order valence-electron chi connectivity index (χ0n) is 11.0. The lowest BCUT2D eigenvalue weighted by Gasteiger charge is -2.09. The summed E-state index contributed by atoms with van der Waals surface area (Å²) in [6.07, 6.45) is -1.71. The third-order valence-corrected chi connectivity index (χ3v) is 2.57. The summed E-state index contributed by atoms with van der Waals surface area (Å²) in [5, 5.41) is 2.54. The maximum absolute atomic E-state index is 12.6. The molecule has 0 atom stereocenters. The molecule has 0 saturated carbocycles. The normalized spacial score (nSPS) is 11.4. The highest BCUT2D eigenvalue weighted by Gasteiger charge is 2.33. The van der Waals surface area contributed by atoms with Gasteiger partial charge in [-0.05, 0) is 13.0 Å². The maximum Gasteiger partial charge on any atom is 0.433 e. The standard InChI is InChI=1S/C12H12F3N5O/c1-7-4-9(12(13,14)15)20-10(19-7)2-3-17-11(21)8-5-16-6-18-8/h4-6H,2-3H2,1H3,(H,16,18)(H,17,21). The molecule has 21 heavy (non-hydrogen) atoms. The summed E-state index contributed by atoms with van der Waals surface area (Å²) in [7, 11) is 0. The third kappa shape index (κ3) is 4.01. The molecule has 0 aliphatic heterocycles. The smallest absolute Gasteiger partial charge is 0.350 e. The minimum absolute atomic E-state index is 0.0345. The Labute approximate surface area is 117 Å². The molecule has 6 nitrogen and oxygen atoms in total. The molecule has 0 aromatic carbocycles. The van der Waals surface area contributed by atoms with Gasteiger partial charge in [0, 0.05) is 18.7 Å². The van der Waals surface area contributed by atoms with Crippen LogP contribution in [0.15, 0.2) is 18.6 Å². The number of alkyl halides is 3. The monoisotopic (exact) mass is 299 g/mol. The fourth-order valence-electron chi connectivity index (χ4n) is 1.65. The van der Waals surface area contributed by atoms with Gasteiger partial charge in [-0.2, -0.15) is 13.2 Å². The Bertz CT molecular complexity index is 624. The number of aromatic nitrogens is 4. The second-order valence-electron chi connectivity index (χ2n) is 4.28. The number of carbonyl (C=O) groups is 1. The number of carbonyl (C=O) groups excluding carboxylic acids is 1. The number of rotatable bonds is 4. The molecule has 2 heterocycles. The molecule has 9 heteroatoms. The van der Waals surface area contributed by atoms with Crippen molar-refractivity contribution in [1.29, 1.82) is 0 Å². The van der Waals surface area contributed by atoms with Crippen LogP contribution in [0, 0.1) is 6.92 Å². The van der Waals surface area contributed by atoms with Crippen molar-refractivity contribution in [2.24, 2.45) is 0 Å². The van der Waals surface area contributed by atoms with Gasteiger partial charge in [0.15, 0.2) is 0 Å². The van der Waals surface area contributed by atoms with Gasteiger partial charge in [0.05, 0.1) is 12.5 Å². The van der Waals surface area contributed by atoms with E-state index in [1.54, 1.807) is 0 Å². The summed E-state index contributed by atoms with van der Waals surface area (Å²) in [6.45, 7) is 1.59. The number of halogens is 3. The molecule has 2 aromatic rings. The molecular weight excluding hydrogens is 287 g/mol. The zero-order valence-corrected chi connectivity index (χ0v) is 11.0. The van der Waals surface area contributed by atoms with Crippen molar-refractivity contribution in [3.05, 3.63) is 41.5 Å². The predicted octanol–water partition coefficient (Wildman–Crippen LogP) is 1.50. The van der Waals surface area contributed by atoms with Gasteiger partial charge in [-0.3, -0.25) is 4.79 Å². The lowest BCUT2D eigenvalue weighted by Crippen LogP contribution is -2.26. The number of hydrogen-bond donors (Lipinski definition) is 2. The molecule has 2 N–H and O–H groups in total. The highest BCUT2D eigenvalue weighted by Crippen LogP contribution is 2.27. The van der Waals surface area contributed by atoms with Crippen LogP contribution in [-0.4, -0.2) is 32.4 Å². The SMILES string of the molecule is Cc1cc(C(F)(F)F)nc(CCNC(=O)c2cnc[nH]2)n1. The molecule has 0 fully saturated rings. The quantitative estimate of drug-likeness (QED) is 0.896. The van der Waals surface area contributed by atoms with Crippen molar-refractivity contribution in [3.63, 3.8) is 0 Å². The summed E-state index contributed by atoms with van der Waals surface area (Å²) < 4.78 is 37.8. The Morgan fingerprint density at radius 2 is 2.14 bits per heavy atom. The van der Waals surface area contributed by atoms with Crippen LogP contribution >= 0.6 is 0 Å². The van der Waals surface area contributed by atoms with Gasteiger partial charge in [-0.1, -0.05) is 0 Å². The zero-order chi connectivity index (χ0) is 15.5. The van der Waals surface area contributed by atoms with Gasteiger partial charge in [0.1, 0.15) is 17.2 Å². The molecule has 0 radical (unpaired) electrons. The van der Waals surface area contributed by atoms with Crippen LogP contribution in [0.5, 0.6) is 0 Å². The van der Waals surface area contributed by atoms with E-state index in [0.717, 1.165) is 6.07 Å². The van der Waals surface area contributed by atoms with Crippen molar-refractivity contribution in [1.82, 2.24) is 25.3 Å². The molecule has 112 valence electrons. The van der Waals surface area contributed by atoms with Gasteiger partial charge >= 0.3 is 6.18 Å². The fraction of sp³-hybridized carbons (Fsp3) is 0.333. The number of H-pyrrole nitrogens is 1. The van der Waals surface area contributed by atoms with E-state index in [9.17, 15) is 18.0 Å². The van der Waals surface area contributed by atoms with Crippen LogP contribution in [0.4, 0.5) is 13.2 Å². The molecule has 0 aliphatic rings. The first-order chi connectivity index (χ1) is 9.86. The second kappa shape index (κ2) is 5.90. The number of imidazole rings is 1. The largest absolute Gasteiger partial charge is 0.433 e. The molecule has 0 saturated heterocycles. The average Bonchev–Trinajstić information content (AvgIpc) is 2.90. The molecule has 0 aliphatic carbocycles. The van der Waals surface area contributed by atoms with Crippen molar-refractivity contribution >= 4 is 5.91 Å². The molecule has 1 amide bonds. The first-order valence-corrected chi connectivity index (χ1v) is 6.04. The van der Waals surface area contributed by atoms with Gasteiger partial charge in [-0.15, -0.1) is 0 Å². The number of nitrogens with one attached hydrogen (secondary N) is 2. The van der Waals surface area contributed by atoms with Crippen molar-refractivity contribution in [3.8, 4) is 0 Å². The maximum atomic E-state index is 12.6. The Morgan fingerprint density at radius 3 is 2.76 bits per heavy atom. The van der Waals surface area contributed by atoms with Crippen LogP contribution in [0.3, 0.4) is 0 Å². The van der Waals surface area contributed by atoms with Gasteiger partial charge in [0.2, 0.25) is 0 Å². The van der Waals surface area contributed by atoms with E-state index >= 15 is 0 Å². The van der Waals surface area contributed by atoms with Crippen molar-refractivity contribution in [2.75, 3.05) is 6.54 Å². The fourth-order valence-corrected chi connectivity index (χ4v) is 1.65. The minimum atomic E-state index is -4.51. The van der Waals surface area contributed by atoms with E-state index in [4.69, 9.17) is 0 Å². The van der Waals surface area contributed by atoms with Gasteiger partial charge in [-0.25, -0.2) is 15.0 Å². The molecule has 0 spiro atoms. The number of aryl methyl sites for hydroxylation is 1. The average molecular weight is 299 g/mol. The van der Waals surface area contributed by atoms with Crippen molar-refractivity contribution in [2.45, 2.75) is 19.5 Å². The number of nitrogens with zero attached hydrogens (tertiary/aromatic N) is 3. The van der Waals surface area contributed by atoms with E-state index < -0.39 is 17.8 Å². The lowest BCUT2D eigenvalue weighted by atomic mass is 10.3. The number of hydrogen-bond acceptors (Lipinski definition) is 4. The van der Waals surface area contributed by atoms with E-state index in [2.05, 4.69) is 25.3 Å². The van der Waals surface area contributed by atoms with E-state index in [0.29, 0.717) is 0 Å². The van der Waals surface area contributed by atoms with Crippen LogP contribution in [0.2, 0.25) is 0 Å². The van der Waals surface area contributed by atoms with E-state index in [1.807, 2.05) is 0 Å². The Balaban J connectivity index is 1.97. The summed E-state index contributed by atoms with van der Waals surface area (Å²) in [5.41, 5.74) is -0.478. The van der Waals surface area contributed by atoms with Crippen LogP contribution < -0.4 is 5.32 Å². The highest BCUT2D eigenvalue weighted by molar-refractivity contribution is 5.91. The van der Waals surface area contributed by atoms with Crippen LogP contribution in [0.25, 0.3) is 0 Å². The summed E-state index contributed by atoms with van der Waals surface area (Å²) in [6, 6.07) is 0.882. The number of amides is 1. The number of aromatic amines is 1. The Morgan fingerprint density at radius 1 is 1.38 bits per heavy atom. The minimum Gasteiger partial charge on any atom is -0.350 e. The first-order valence-electron chi connectivity index (χ1n) is 6.04. The molecule has 0 bridgehead atoms. The summed E-state index contributed by atoms with van der Waals surface area (Å²) in [5.74, 6) is -0.358. The summed E-state index contributed by atoms with van der Waals surface area (Å²) >= 11 is 0.